The highest BCUT2D eigenvalue weighted by Crippen LogP contribution is 2.38. The summed E-state index contributed by atoms with van der Waals surface area (Å²) in [5, 5.41) is 11.1. The summed E-state index contributed by atoms with van der Waals surface area (Å²) in [7, 11) is 1.31. The van der Waals surface area contributed by atoms with Crippen LogP contribution in [0.2, 0.25) is 0 Å². The van der Waals surface area contributed by atoms with E-state index in [1.54, 1.807) is 20.8 Å². The number of fused-ring (bicyclic) bond motifs is 1. The Bertz CT molecular complexity index is 1410. The molecule has 1 fully saturated rings. The van der Waals surface area contributed by atoms with E-state index in [-0.39, 0.29) is 59.1 Å². The largest absolute Gasteiger partial charge is 0.494 e. The Morgan fingerprint density at radius 2 is 1.97 bits per heavy atom. The first-order valence-electron chi connectivity index (χ1n) is 12.3. The van der Waals surface area contributed by atoms with Crippen molar-refractivity contribution in [3.8, 4) is 17.2 Å². The quantitative estimate of drug-likeness (QED) is 0.420. The minimum absolute atomic E-state index is 0.00776. The molecule has 39 heavy (non-hydrogen) atoms. The van der Waals surface area contributed by atoms with Gasteiger partial charge in [0.2, 0.25) is 5.89 Å². The number of aliphatic hydroxyl groups is 1. The normalized spacial score (nSPS) is 20.3. The molecule has 0 aliphatic carbocycles. The molecule has 3 heterocycles. The zero-order valence-corrected chi connectivity index (χ0v) is 21.8. The molecule has 0 bridgehead atoms. The number of nitrogens with zero attached hydrogens (tertiary/aromatic N) is 3. The van der Waals surface area contributed by atoms with E-state index in [2.05, 4.69) is 9.97 Å². The number of ether oxygens (including phenoxy) is 2. The molecular weight excluding hydrogens is 521 g/mol. The Morgan fingerprint density at radius 3 is 2.56 bits per heavy atom. The van der Waals surface area contributed by atoms with Crippen LogP contribution in [0.15, 0.2) is 28.7 Å². The summed E-state index contributed by atoms with van der Waals surface area (Å²) in [6.45, 7) is 4.90. The van der Waals surface area contributed by atoms with Crippen molar-refractivity contribution in [1.29, 1.82) is 0 Å². The Balaban J connectivity index is 1.82. The van der Waals surface area contributed by atoms with Crippen molar-refractivity contribution in [3.63, 3.8) is 0 Å². The van der Waals surface area contributed by atoms with Crippen molar-refractivity contribution in [2.24, 2.45) is 5.73 Å². The molecule has 210 valence electrons. The first-order valence-corrected chi connectivity index (χ1v) is 12.3. The summed E-state index contributed by atoms with van der Waals surface area (Å²) in [5.74, 6) is -1.33. The number of rotatable bonds is 7. The molecule has 3 N–H and O–H groups in total. The second-order valence-corrected chi connectivity index (χ2v) is 9.41. The maximum Gasteiger partial charge on any atom is 0.433 e. The van der Waals surface area contributed by atoms with Gasteiger partial charge in [-0.3, -0.25) is 4.79 Å². The number of aromatic nitrogens is 2. The van der Waals surface area contributed by atoms with Gasteiger partial charge < -0.3 is 29.6 Å². The van der Waals surface area contributed by atoms with Crippen LogP contribution in [0, 0.1) is 0 Å². The first kappa shape index (κ1) is 28.3. The molecule has 2 aromatic heterocycles. The van der Waals surface area contributed by atoms with Crippen LogP contribution in [-0.4, -0.2) is 63.8 Å². The van der Waals surface area contributed by atoms with Crippen LogP contribution in [-0.2, 0) is 15.7 Å². The molecule has 3 atom stereocenters. The molecule has 1 saturated heterocycles. The van der Waals surface area contributed by atoms with E-state index in [4.69, 9.17) is 19.6 Å². The Kier molecular flexibility index (Phi) is 7.59. The van der Waals surface area contributed by atoms with Crippen LogP contribution in [0.3, 0.4) is 0 Å². The van der Waals surface area contributed by atoms with Gasteiger partial charge in [0.15, 0.2) is 11.5 Å². The average molecular weight is 551 g/mol. The van der Waals surface area contributed by atoms with E-state index in [1.165, 1.54) is 30.2 Å². The Morgan fingerprint density at radius 1 is 1.26 bits per heavy atom. The second kappa shape index (κ2) is 10.5. The molecule has 1 aliphatic heterocycles. The zero-order chi connectivity index (χ0) is 28.7. The average Bonchev–Trinajstić information content (AvgIpc) is 3.49. The van der Waals surface area contributed by atoms with Crippen LogP contribution < -0.4 is 10.5 Å². The number of likely N-dealkylation sites (tertiary alicyclic amines) is 1. The molecule has 0 spiro atoms. The third-order valence-electron chi connectivity index (χ3n) is 6.72. The fraction of sp³-hybridized carbons (Fsp3) is 0.462. The van der Waals surface area contributed by atoms with E-state index in [0.717, 1.165) is 6.07 Å². The third-order valence-corrected chi connectivity index (χ3v) is 6.72. The number of pyridine rings is 1. The van der Waals surface area contributed by atoms with Crippen LogP contribution >= 0.6 is 0 Å². The number of carbonyl (C=O) groups excluding carboxylic acids is 2. The molecule has 1 aromatic carbocycles. The van der Waals surface area contributed by atoms with Crippen molar-refractivity contribution >= 4 is 22.8 Å². The number of carbonyl (C=O) groups is 2. The highest BCUT2D eigenvalue weighted by Gasteiger charge is 2.49. The lowest BCUT2D eigenvalue weighted by Gasteiger charge is -2.23. The number of β-amino-alcohol motifs (C(OH)–C–C–N with tert-alkyl or cyclic N) is 1. The Hall–Kier alpha value is -3.71. The van der Waals surface area contributed by atoms with Crippen LogP contribution in [0.4, 0.5) is 13.2 Å². The van der Waals surface area contributed by atoms with Crippen molar-refractivity contribution in [1.82, 2.24) is 14.9 Å². The van der Waals surface area contributed by atoms with Gasteiger partial charge in [-0.05, 0) is 44.5 Å². The molecule has 1 amide bonds. The highest BCUT2D eigenvalue weighted by molar-refractivity contribution is 5.99. The summed E-state index contributed by atoms with van der Waals surface area (Å²) in [5.41, 5.74) is 3.67. The monoisotopic (exact) mass is 550 g/mol. The highest BCUT2D eigenvalue weighted by atomic mass is 19.4. The summed E-state index contributed by atoms with van der Waals surface area (Å²) >= 11 is 0. The first-order chi connectivity index (χ1) is 18.3. The minimum Gasteiger partial charge on any atom is -0.494 e. The van der Waals surface area contributed by atoms with E-state index in [9.17, 15) is 27.9 Å². The fourth-order valence-corrected chi connectivity index (χ4v) is 4.63. The van der Waals surface area contributed by atoms with Gasteiger partial charge in [0.05, 0.1) is 31.9 Å². The van der Waals surface area contributed by atoms with Crippen LogP contribution in [0.1, 0.15) is 61.6 Å². The lowest BCUT2D eigenvalue weighted by molar-refractivity contribution is -0.147. The number of nitrogens with two attached hydrogens (primary N) is 1. The standard InChI is InChI=1S/C26H29F3N4O6/c1-5-25(36)11-16(24(35)38-6-2)33(12-25)23(34)20-21(13(3)30)39-22(32-20)15-7-9-17(37-4)19-14(15)8-10-18(31-19)26(27,28)29/h7-10,13,16,36H,5-6,11-12,30H2,1-4H3/t13-,16?,25?/m0/s1. The maximum atomic E-state index is 13.7. The van der Waals surface area contributed by atoms with E-state index in [1.807, 2.05) is 0 Å². The summed E-state index contributed by atoms with van der Waals surface area (Å²) in [6, 6.07) is 3.13. The number of methoxy groups -OCH3 is 1. The topological polar surface area (TPSA) is 141 Å². The fourth-order valence-electron chi connectivity index (χ4n) is 4.63. The number of hydrogen-bond donors (Lipinski definition) is 2. The molecule has 2 unspecified atom stereocenters. The van der Waals surface area contributed by atoms with E-state index in [0.29, 0.717) is 6.42 Å². The van der Waals surface area contributed by atoms with Gasteiger partial charge in [0, 0.05) is 17.4 Å². The van der Waals surface area contributed by atoms with Gasteiger partial charge in [-0.25, -0.2) is 14.8 Å². The van der Waals surface area contributed by atoms with Gasteiger partial charge in [-0.15, -0.1) is 0 Å². The van der Waals surface area contributed by atoms with Gasteiger partial charge in [0.1, 0.15) is 23.0 Å². The summed E-state index contributed by atoms with van der Waals surface area (Å²) in [4.78, 5) is 35.7. The lowest BCUT2D eigenvalue weighted by Crippen LogP contribution is -2.42. The molecular formula is C26H29F3N4O6. The second-order valence-electron chi connectivity index (χ2n) is 9.41. The van der Waals surface area contributed by atoms with Gasteiger partial charge in [-0.2, -0.15) is 13.2 Å². The molecule has 10 nitrogen and oxygen atoms in total. The molecule has 0 radical (unpaired) electrons. The number of oxazole rings is 1. The molecule has 4 rings (SSSR count). The number of amides is 1. The van der Waals surface area contributed by atoms with Crippen molar-refractivity contribution in [2.75, 3.05) is 20.3 Å². The van der Waals surface area contributed by atoms with Crippen LogP contribution in [0.5, 0.6) is 5.75 Å². The Labute approximate surface area is 221 Å². The van der Waals surface area contributed by atoms with Crippen LogP contribution in [0.25, 0.3) is 22.4 Å². The molecule has 0 saturated carbocycles. The number of benzene rings is 1. The van der Waals surface area contributed by atoms with E-state index < -0.39 is 41.4 Å². The molecule has 13 heteroatoms. The van der Waals surface area contributed by atoms with Gasteiger partial charge in [-0.1, -0.05) is 6.92 Å². The smallest absolute Gasteiger partial charge is 0.433 e. The van der Waals surface area contributed by atoms with Crippen molar-refractivity contribution in [2.45, 2.75) is 57.5 Å². The predicted octanol–water partition coefficient (Wildman–Crippen LogP) is 3.86. The SMILES string of the molecule is CCOC(=O)C1CC(O)(CC)CN1C(=O)c1nc(-c2ccc(OC)c3nc(C(F)(F)F)ccc23)oc1[C@H](C)N. The number of esters is 1. The molecule has 3 aromatic rings. The minimum atomic E-state index is -4.68. The zero-order valence-electron chi connectivity index (χ0n) is 21.8. The maximum absolute atomic E-state index is 13.7. The van der Waals surface area contributed by atoms with Gasteiger partial charge >= 0.3 is 12.1 Å². The number of hydrogen-bond acceptors (Lipinski definition) is 9. The number of alkyl halides is 3. The van der Waals surface area contributed by atoms with E-state index >= 15 is 0 Å². The van der Waals surface area contributed by atoms with Crippen molar-refractivity contribution in [3.05, 3.63) is 41.4 Å². The summed E-state index contributed by atoms with van der Waals surface area (Å²) < 4.78 is 56.2. The number of halogens is 3. The third kappa shape index (κ3) is 5.28. The molecule has 1 aliphatic rings. The summed E-state index contributed by atoms with van der Waals surface area (Å²) in [6.07, 6.45) is -4.39. The van der Waals surface area contributed by atoms with Crippen molar-refractivity contribution < 1.29 is 41.8 Å². The lowest BCUT2D eigenvalue weighted by atomic mass is 9.97. The predicted molar refractivity (Wildman–Crippen MR) is 133 cm³/mol. The van der Waals surface area contributed by atoms with Gasteiger partial charge in [0.25, 0.3) is 5.91 Å².